The summed E-state index contributed by atoms with van der Waals surface area (Å²) in [7, 11) is 2.07. The first-order chi connectivity index (χ1) is 19.6. The topological polar surface area (TPSA) is 104 Å². The Morgan fingerprint density at radius 3 is 2.59 bits per heavy atom. The van der Waals surface area contributed by atoms with Crippen LogP contribution in [0.25, 0.3) is 10.9 Å². The van der Waals surface area contributed by atoms with Gasteiger partial charge in [0.15, 0.2) is 5.78 Å². The van der Waals surface area contributed by atoms with Crippen molar-refractivity contribution in [3.8, 4) is 0 Å². The van der Waals surface area contributed by atoms with Gasteiger partial charge in [0.05, 0.1) is 28.8 Å². The van der Waals surface area contributed by atoms with Gasteiger partial charge in [-0.2, -0.15) is 0 Å². The number of halogens is 3. The van der Waals surface area contributed by atoms with E-state index in [1.54, 1.807) is 36.4 Å². The number of alkyl halides is 1. The van der Waals surface area contributed by atoms with Crippen molar-refractivity contribution in [1.29, 1.82) is 0 Å². The van der Waals surface area contributed by atoms with Crippen LogP contribution in [0.4, 0.5) is 24.1 Å². The molecule has 0 spiro atoms. The zero-order valence-electron chi connectivity index (χ0n) is 22.8. The largest absolute Gasteiger partial charge is 0.351 e. The Labute approximate surface area is 241 Å². The van der Waals surface area contributed by atoms with Crippen LogP contribution in [0.2, 0.25) is 5.02 Å². The second kappa shape index (κ2) is 12.1. The highest BCUT2D eigenvalue weighted by Gasteiger charge is 2.39. The zero-order chi connectivity index (χ0) is 29.3. The normalized spacial score (nSPS) is 20.0. The number of para-hydroxylation sites is 1. The van der Waals surface area contributed by atoms with Crippen molar-refractivity contribution in [2.45, 2.75) is 38.0 Å². The number of benzene rings is 2. The van der Waals surface area contributed by atoms with E-state index in [0.717, 1.165) is 36.6 Å². The number of likely N-dealkylation sites (N-methyl/N-ethyl adjacent to an activating group) is 1. The third-order valence-electron chi connectivity index (χ3n) is 7.88. The van der Waals surface area contributed by atoms with Crippen LogP contribution in [0.15, 0.2) is 42.6 Å². The monoisotopic (exact) mass is 586 g/mol. The van der Waals surface area contributed by atoms with Gasteiger partial charge in [0.1, 0.15) is 12.0 Å². The maximum Gasteiger partial charge on any atom is 0.323 e. The predicted molar refractivity (Wildman–Crippen MR) is 153 cm³/mol. The van der Waals surface area contributed by atoms with Gasteiger partial charge in [-0.15, -0.1) is 0 Å². The van der Waals surface area contributed by atoms with Crippen molar-refractivity contribution >= 4 is 46.0 Å². The smallest absolute Gasteiger partial charge is 0.323 e. The number of fused-ring (bicyclic) bond motifs is 1. The van der Waals surface area contributed by atoms with Crippen molar-refractivity contribution in [2.24, 2.45) is 5.73 Å². The number of ketones is 1. The number of carbonyl (C=O) groups excluding carboxylic acids is 3. The number of primary amides is 1. The average molecular weight is 587 g/mol. The molecule has 2 fully saturated rings. The van der Waals surface area contributed by atoms with Crippen LogP contribution in [0.3, 0.4) is 0 Å². The van der Waals surface area contributed by atoms with Gasteiger partial charge in [0, 0.05) is 57.1 Å². The Bertz CT molecular complexity index is 1470. The second-order valence-electron chi connectivity index (χ2n) is 10.8. The number of amides is 3. The fourth-order valence-corrected chi connectivity index (χ4v) is 5.89. The lowest BCUT2D eigenvalue weighted by Gasteiger charge is -2.32. The average Bonchev–Trinajstić information content (AvgIpc) is 3.52. The Kier molecular flexibility index (Phi) is 8.58. The van der Waals surface area contributed by atoms with Crippen LogP contribution in [-0.2, 0) is 17.8 Å². The summed E-state index contributed by atoms with van der Waals surface area (Å²) in [6, 6.07) is 7.84. The number of nitrogens with zero attached hydrogens (tertiary/aromatic N) is 4. The first kappa shape index (κ1) is 29.0. The van der Waals surface area contributed by atoms with Crippen molar-refractivity contribution < 1.29 is 23.2 Å². The summed E-state index contributed by atoms with van der Waals surface area (Å²) in [6.45, 7) is 4.06. The molecular weight excluding hydrogens is 554 g/mol. The maximum absolute atomic E-state index is 14.9. The molecule has 2 aliphatic heterocycles. The summed E-state index contributed by atoms with van der Waals surface area (Å²) in [5.74, 6) is -0.934. The van der Waals surface area contributed by atoms with Crippen molar-refractivity contribution in [3.05, 3.63) is 64.6 Å². The number of hydrogen-bond acceptors (Lipinski definition) is 5. The van der Waals surface area contributed by atoms with Gasteiger partial charge < -0.3 is 20.9 Å². The molecule has 41 heavy (non-hydrogen) atoms. The van der Waals surface area contributed by atoms with Crippen LogP contribution in [-0.4, -0.2) is 89.1 Å². The van der Waals surface area contributed by atoms with Crippen LogP contribution in [0, 0.1) is 5.82 Å². The van der Waals surface area contributed by atoms with E-state index in [9.17, 15) is 23.2 Å². The molecule has 2 saturated heterocycles. The third-order valence-corrected chi connectivity index (χ3v) is 8.15. The predicted octanol–water partition coefficient (Wildman–Crippen LogP) is 4.25. The van der Waals surface area contributed by atoms with Gasteiger partial charge in [-0.25, -0.2) is 18.4 Å². The van der Waals surface area contributed by atoms with Crippen molar-refractivity contribution in [3.63, 3.8) is 0 Å². The van der Waals surface area contributed by atoms with Crippen LogP contribution in [0.5, 0.6) is 0 Å². The Morgan fingerprint density at radius 1 is 1.12 bits per heavy atom. The van der Waals surface area contributed by atoms with E-state index in [1.807, 2.05) is 0 Å². The first-order valence-corrected chi connectivity index (χ1v) is 14.0. The molecule has 0 radical (unpaired) electrons. The van der Waals surface area contributed by atoms with E-state index >= 15 is 0 Å². The Morgan fingerprint density at radius 2 is 1.85 bits per heavy atom. The molecule has 2 atom stereocenters. The van der Waals surface area contributed by atoms with E-state index in [2.05, 4.69) is 22.2 Å². The first-order valence-electron chi connectivity index (χ1n) is 13.6. The van der Waals surface area contributed by atoms with E-state index in [1.165, 1.54) is 10.8 Å². The van der Waals surface area contributed by atoms with E-state index < -0.39 is 30.1 Å². The molecule has 3 aromatic rings. The van der Waals surface area contributed by atoms with Gasteiger partial charge in [0.25, 0.3) is 0 Å². The number of Topliss-reactive ketones (excluding diaryl/α,β-unsaturated/α-hetero) is 1. The molecule has 3 heterocycles. The number of urea groups is 1. The van der Waals surface area contributed by atoms with E-state index in [0.29, 0.717) is 28.7 Å². The minimum atomic E-state index is -1.38. The lowest BCUT2D eigenvalue weighted by atomic mass is 9.99. The Balaban J connectivity index is 1.26. The molecule has 218 valence electrons. The van der Waals surface area contributed by atoms with Gasteiger partial charge >= 0.3 is 12.1 Å². The molecule has 1 aromatic heterocycles. The summed E-state index contributed by atoms with van der Waals surface area (Å²) in [5, 5.41) is 3.27. The summed E-state index contributed by atoms with van der Waals surface area (Å²) >= 11 is 6.20. The van der Waals surface area contributed by atoms with Crippen LogP contribution in [0.1, 0.15) is 24.0 Å². The number of hydrogen-bond donors (Lipinski definition) is 2. The third kappa shape index (κ3) is 6.37. The molecule has 9 nitrogen and oxygen atoms in total. The lowest BCUT2D eigenvalue weighted by molar-refractivity contribution is -0.122. The minimum absolute atomic E-state index is 0.0000984. The number of anilines is 1. The zero-order valence-corrected chi connectivity index (χ0v) is 23.5. The Hall–Kier alpha value is -3.54. The SMILES string of the molecule is CN1CCN(Cc2cc(Cl)c(F)c(CCC(=O)[C@@H]3C[C@@H](F)CN3C(=O)Nc3cn(C(N)=O)c4ccccc34)c2)CC1. The quantitative estimate of drug-likeness (QED) is 0.431. The van der Waals surface area contributed by atoms with Gasteiger partial charge in [0.2, 0.25) is 0 Å². The van der Waals surface area contributed by atoms with Crippen LogP contribution < -0.4 is 11.1 Å². The highest BCUT2D eigenvalue weighted by Crippen LogP contribution is 2.29. The molecule has 3 N–H and O–H groups in total. The van der Waals surface area contributed by atoms with Gasteiger partial charge in [-0.1, -0.05) is 35.9 Å². The molecular formula is C29H33ClF2N6O3. The second-order valence-corrected chi connectivity index (χ2v) is 11.2. The number of nitrogens with one attached hydrogen (secondary N) is 1. The summed E-state index contributed by atoms with van der Waals surface area (Å²) < 4.78 is 30.6. The highest BCUT2D eigenvalue weighted by atomic mass is 35.5. The number of aromatic nitrogens is 1. The number of rotatable bonds is 7. The molecule has 2 aromatic carbocycles. The minimum Gasteiger partial charge on any atom is -0.351 e. The molecule has 5 rings (SSSR count). The number of aryl methyl sites for hydroxylation is 1. The standard InChI is InChI=1S/C29H33ClF2N6O3/c1-35-8-10-36(11-9-35)15-18-12-19(27(32)22(30)13-18)6-7-26(39)25-14-20(31)16-38(25)29(41)34-23-17-37(28(33)40)24-5-3-2-4-21(23)24/h2-5,12-13,17,20,25H,6-11,14-16H2,1H3,(H2,33,40)(H,34,41)/t20-,25+/m1/s1. The van der Waals surface area contributed by atoms with Gasteiger partial charge in [-0.05, 0) is 36.7 Å². The van der Waals surface area contributed by atoms with E-state index in [4.69, 9.17) is 17.3 Å². The number of likely N-dealkylation sites (tertiary alicyclic amines) is 1. The molecule has 2 aliphatic rings. The van der Waals surface area contributed by atoms with Crippen molar-refractivity contribution in [1.82, 2.24) is 19.3 Å². The fourth-order valence-electron chi connectivity index (χ4n) is 5.63. The number of piperazine rings is 1. The molecule has 12 heteroatoms. The summed E-state index contributed by atoms with van der Waals surface area (Å²) in [5.41, 5.74) is 7.46. The van der Waals surface area contributed by atoms with Gasteiger partial charge in [-0.3, -0.25) is 14.3 Å². The molecule has 0 saturated carbocycles. The van der Waals surface area contributed by atoms with Crippen LogP contribution >= 0.6 is 11.6 Å². The highest BCUT2D eigenvalue weighted by molar-refractivity contribution is 6.30. The molecule has 3 amide bonds. The lowest BCUT2D eigenvalue weighted by Crippen LogP contribution is -2.43. The summed E-state index contributed by atoms with van der Waals surface area (Å²) in [6.07, 6.45) is -0.114. The van der Waals surface area contributed by atoms with E-state index in [-0.39, 0.29) is 36.6 Å². The fraction of sp³-hybridized carbons (Fsp3) is 0.414. The molecule has 0 bridgehead atoms. The number of nitrogens with two attached hydrogens (primary N) is 1. The number of carbonyl (C=O) groups is 3. The molecule has 0 aliphatic carbocycles. The maximum atomic E-state index is 14.9. The summed E-state index contributed by atoms with van der Waals surface area (Å²) in [4.78, 5) is 44.0. The molecule has 0 unspecified atom stereocenters. The van der Waals surface area contributed by atoms with Crippen molar-refractivity contribution in [2.75, 3.05) is 45.1 Å².